The highest BCUT2D eigenvalue weighted by atomic mass is 19.4. The number of alkyl halides is 3. The Labute approximate surface area is 206 Å². The number of aromatic nitrogens is 4. The van der Waals surface area contributed by atoms with Crippen LogP contribution in [0.1, 0.15) is 30.5 Å². The predicted molar refractivity (Wildman–Crippen MR) is 128 cm³/mol. The molecule has 2 aromatic heterocycles. The quantitative estimate of drug-likeness (QED) is 0.508. The molecule has 1 aliphatic carbocycles. The van der Waals surface area contributed by atoms with Gasteiger partial charge in [0, 0.05) is 49.8 Å². The monoisotopic (exact) mass is 501 g/mol. The molecule has 3 atom stereocenters. The summed E-state index contributed by atoms with van der Waals surface area (Å²) in [5.74, 6) is 1.53. The molecule has 6 rings (SSSR count). The number of nitrogens with one attached hydrogen (secondary N) is 1. The predicted octanol–water partition coefficient (Wildman–Crippen LogP) is 5.01. The number of halogens is 4. The zero-order valence-corrected chi connectivity index (χ0v) is 19.8. The second-order valence-corrected chi connectivity index (χ2v) is 9.97. The van der Waals surface area contributed by atoms with Crippen molar-refractivity contribution in [2.75, 3.05) is 34.8 Å². The smallest absolute Gasteiger partial charge is 0.371 e. The molecule has 190 valence electrons. The van der Waals surface area contributed by atoms with Gasteiger partial charge < -0.3 is 15.1 Å². The van der Waals surface area contributed by atoms with Gasteiger partial charge in [-0.25, -0.2) is 9.07 Å². The van der Waals surface area contributed by atoms with E-state index in [1.54, 1.807) is 19.1 Å². The Morgan fingerprint density at radius 2 is 1.78 bits per heavy atom. The number of fused-ring (bicyclic) bond motifs is 3. The normalized spacial score (nSPS) is 23.6. The molecule has 1 saturated carbocycles. The SMILES string of the molecule is Cc1ccc(N2CCCn3nc(NC4[C@@H]5CC[C@H]4CN(c4ccnc(C(F)(F)F)c4)C5)nc32)cc1F. The van der Waals surface area contributed by atoms with Crippen LogP contribution in [0.5, 0.6) is 0 Å². The molecular formula is C25H27F4N7. The summed E-state index contributed by atoms with van der Waals surface area (Å²) in [4.78, 5) is 12.3. The van der Waals surface area contributed by atoms with Crippen molar-refractivity contribution in [1.29, 1.82) is 0 Å². The molecule has 7 nitrogen and oxygen atoms in total. The molecule has 0 amide bonds. The molecule has 1 N–H and O–H groups in total. The maximum absolute atomic E-state index is 14.2. The number of hydrogen-bond donors (Lipinski definition) is 1. The van der Waals surface area contributed by atoms with Crippen molar-refractivity contribution in [1.82, 2.24) is 19.7 Å². The van der Waals surface area contributed by atoms with E-state index in [-0.39, 0.29) is 23.7 Å². The maximum Gasteiger partial charge on any atom is 0.433 e. The Morgan fingerprint density at radius 3 is 2.50 bits per heavy atom. The number of pyridine rings is 1. The van der Waals surface area contributed by atoms with E-state index in [0.29, 0.717) is 36.2 Å². The van der Waals surface area contributed by atoms with Crippen LogP contribution in [0.3, 0.4) is 0 Å². The van der Waals surface area contributed by atoms with E-state index in [2.05, 4.69) is 15.4 Å². The summed E-state index contributed by atoms with van der Waals surface area (Å²) in [6.45, 7) is 4.54. The van der Waals surface area contributed by atoms with Gasteiger partial charge in [0.25, 0.3) is 0 Å². The summed E-state index contributed by atoms with van der Waals surface area (Å²) in [6, 6.07) is 8.14. The third-order valence-corrected chi connectivity index (χ3v) is 7.64. The number of nitrogens with zero attached hydrogens (tertiary/aromatic N) is 6. The largest absolute Gasteiger partial charge is 0.433 e. The number of anilines is 4. The van der Waals surface area contributed by atoms with Crippen molar-refractivity contribution in [2.24, 2.45) is 11.8 Å². The van der Waals surface area contributed by atoms with Gasteiger partial charge in [0.15, 0.2) is 0 Å². The van der Waals surface area contributed by atoms with Crippen LogP contribution < -0.4 is 15.1 Å². The number of hydrogen-bond acceptors (Lipinski definition) is 6. The average molecular weight is 502 g/mol. The molecule has 1 saturated heterocycles. The summed E-state index contributed by atoms with van der Waals surface area (Å²) in [5, 5.41) is 8.22. The van der Waals surface area contributed by atoms with E-state index in [9.17, 15) is 17.6 Å². The number of piperidine rings is 1. The van der Waals surface area contributed by atoms with E-state index in [1.165, 1.54) is 12.3 Å². The zero-order chi connectivity index (χ0) is 25.0. The summed E-state index contributed by atoms with van der Waals surface area (Å²) < 4.78 is 55.5. The van der Waals surface area contributed by atoms with Crippen LogP contribution >= 0.6 is 0 Å². The van der Waals surface area contributed by atoms with Gasteiger partial charge in [0.05, 0.1) is 0 Å². The number of benzene rings is 1. The molecule has 11 heteroatoms. The fourth-order valence-electron chi connectivity index (χ4n) is 5.81. The summed E-state index contributed by atoms with van der Waals surface area (Å²) in [5.41, 5.74) is 1.05. The van der Waals surface area contributed by atoms with E-state index in [1.807, 2.05) is 20.5 Å². The van der Waals surface area contributed by atoms with Gasteiger partial charge in [0.1, 0.15) is 11.5 Å². The van der Waals surface area contributed by atoms with Gasteiger partial charge in [0.2, 0.25) is 11.9 Å². The van der Waals surface area contributed by atoms with Crippen molar-refractivity contribution in [2.45, 2.75) is 44.9 Å². The Bertz CT molecular complexity index is 1260. The van der Waals surface area contributed by atoms with Gasteiger partial charge in [-0.1, -0.05) is 6.07 Å². The number of rotatable bonds is 4. The van der Waals surface area contributed by atoms with Crippen molar-refractivity contribution in [3.05, 3.63) is 53.6 Å². The minimum absolute atomic E-state index is 0.153. The standard InChI is InChI=1S/C25H27F4N7/c1-15-3-6-19(11-20(15)26)35-9-2-10-36-24(35)32-23(33-36)31-22-16-4-5-17(22)14-34(13-16)18-7-8-30-21(12-18)25(27,28)29/h3,6-8,11-12,16-17,22H,2,4-5,9-10,13-14H2,1H3,(H,31,33)/t16-,17+,22?. The van der Waals surface area contributed by atoms with Gasteiger partial charge >= 0.3 is 6.18 Å². The maximum atomic E-state index is 14.2. The fourth-order valence-corrected chi connectivity index (χ4v) is 5.81. The Hall–Kier alpha value is -3.37. The first-order valence-electron chi connectivity index (χ1n) is 12.3. The molecule has 1 aromatic carbocycles. The molecule has 36 heavy (non-hydrogen) atoms. The highest BCUT2D eigenvalue weighted by molar-refractivity contribution is 5.60. The van der Waals surface area contributed by atoms with E-state index < -0.39 is 11.9 Å². The van der Waals surface area contributed by atoms with Crippen molar-refractivity contribution in [3.8, 4) is 0 Å². The highest BCUT2D eigenvalue weighted by Crippen LogP contribution is 2.41. The number of aryl methyl sites for hydroxylation is 2. The van der Waals surface area contributed by atoms with E-state index in [4.69, 9.17) is 4.98 Å². The lowest BCUT2D eigenvalue weighted by Crippen LogP contribution is -2.48. The first-order valence-corrected chi connectivity index (χ1v) is 12.3. The van der Waals surface area contributed by atoms with E-state index >= 15 is 0 Å². The van der Waals surface area contributed by atoms with Crippen LogP contribution in [0.4, 0.5) is 40.8 Å². The van der Waals surface area contributed by atoms with Gasteiger partial charge in [-0.2, -0.15) is 18.2 Å². The Kier molecular flexibility index (Phi) is 5.53. The van der Waals surface area contributed by atoms with Crippen molar-refractivity contribution >= 4 is 23.3 Å². The van der Waals surface area contributed by atoms with Crippen LogP contribution in [0.15, 0.2) is 36.5 Å². The van der Waals surface area contributed by atoms with Crippen molar-refractivity contribution in [3.63, 3.8) is 0 Å². The third-order valence-electron chi connectivity index (χ3n) is 7.64. The lowest BCUT2D eigenvalue weighted by Gasteiger charge is -2.39. The van der Waals surface area contributed by atoms with Crippen molar-refractivity contribution < 1.29 is 17.6 Å². The van der Waals surface area contributed by atoms with Crippen LogP contribution in [0, 0.1) is 24.6 Å². The molecule has 2 aliphatic heterocycles. The molecule has 0 radical (unpaired) electrons. The lowest BCUT2D eigenvalue weighted by molar-refractivity contribution is -0.141. The topological polar surface area (TPSA) is 62.1 Å². The van der Waals surface area contributed by atoms with Gasteiger partial charge in [-0.15, -0.1) is 5.10 Å². The second kappa shape index (κ2) is 8.63. The van der Waals surface area contributed by atoms with Crippen LogP contribution in [-0.2, 0) is 12.7 Å². The van der Waals surface area contributed by atoms with Gasteiger partial charge in [-0.05, 0) is 67.9 Å². The fraction of sp³-hybridized carbons (Fsp3) is 0.480. The average Bonchev–Trinajstić information content (AvgIpc) is 3.36. The summed E-state index contributed by atoms with van der Waals surface area (Å²) >= 11 is 0. The van der Waals surface area contributed by atoms with E-state index in [0.717, 1.165) is 44.1 Å². The second-order valence-electron chi connectivity index (χ2n) is 9.97. The lowest BCUT2D eigenvalue weighted by atomic mass is 9.92. The molecule has 4 heterocycles. The Balaban J connectivity index is 1.19. The van der Waals surface area contributed by atoms with Crippen LogP contribution in [0.25, 0.3) is 0 Å². The zero-order valence-electron chi connectivity index (χ0n) is 19.8. The molecular weight excluding hydrogens is 474 g/mol. The Morgan fingerprint density at radius 1 is 1.00 bits per heavy atom. The minimum Gasteiger partial charge on any atom is -0.371 e. The summed E-state index contributed by atoms with van der Waals surface area (Å²) in [7, 11) is 0. The molecule has 2 bridgehead atoms. The highest BCUT2D eigenvalue weighted by Gasteiger charge is 2.43. The molecule has 3 aliphatic rings. The molecule has 0 spiro atoms. The third kappa shape index (κ3) is 4.14. The van der Waals surface area contributed by atoms with Crippen LogP contribution in [0.2, 0.25) is 0 Å². The minimum atomic E-state index is -4.46. The molecule has 3 aromatic rings. The summed E-state index contributed by atoms with van der Waals surface area (Å²) in [6.07, 6.45) is -0.355. The first-order chi connectivity index (χ1) is 17.3. The van der Waals surface area contributed by atoms with Gasteiger partial charge in [-0.3, -0.25) is 4.98 Å². The first kappa shape index (κ1) is 23.1. The molecule has 2 fully saturated rings. The van der Waals surface area contributed by atoms with Crippen LogP contribution in [-0.4, -0.2) is 45.4 Å². The molecule has 1 unspecified atom stereocenters.